The number of rotatable bonds is 10. The Bertz CT molecular complexity index is 164. The highest BCUT2D eigenvalue weighted by Crippen LogP contribution is 2.12. The van der Waals surface area contributed by atoms with Crippen LogP contribution in [-0.2, 0) is 0 Å². The fraction of sp³-hybridized carbons (Fsp3) is 1.00. The van der Waals surface area contributed by atoms with Gasteiger partial charge in [0, 0.05) is 5.54 Å². The Morgan fingerprint density at radius 3 is 2.38 bits per heavy atom. The zero-order chi connectivity index (χ0) is 12.4. The van der Waals surface area contributed by atoms with Crippen LogP contribution in [0.15, 0.2) is 0 Å². The quantitative estimate of drug-likeness (QED) is 0.601. The third kappa shape index (κ3) is 7.20. The van der Waals surface area contributed by atoms with E-state index in [0.717, 1.165) is 38.9 Å². The van der Waals surface area contributed by atoms with Crippen LogP contribution >= 0.6 is 0 Å². The van der Waals surface area contributed by atoms with Crippen LogP contribution in [0.25, 0.3) is 0 Å². The molecule has 0 saturated carbocycles. The van der Waals surface area contributed by atoms with Crippen molar-refractivity contribution in [3.8, 4) is 0 Å². The summed E-state index contributed by atoms with van der Waals surface area (Å²) >= 11 is 0. The van der Waals surface area contributed by atoms with Gasteiger partial charge in [-0.15, -0.1) is 0 Å². The molecule has 2 N–H and O–H groups in total. The van der Waals surface area contributed by atoms with Gasteiger partial charge < -0.3 is 15.3 Å². The van der Waals surface area contributed by atoms with Crippen LogP contribution in [0, 0.1) is 0 Å². The fourth-order valence-corrected chi connectivity index (χ4v) is 1.88. The Balaban J connectivity index is 3.76. The van der Waals surface area contributed by atoms with Gasteiger partial charge in [0.1, 0.15) is 0 Å². The molecule has 0 aliphatic heterocycles. The number of hydrogen-bond donors (Lipinski definition) is 2. The van der Waals surface area contributed by atoms with Gasteiger partial charge in [-0.1, -0.05) is 13.8 Å². The van der Waals surface area contributed by atoms with Crippen molar-refractivity contribution in [2.75, 3.05) is 33.3 Å². The SMILES string of the molecule is CCCNC(C)(CO)CCCN(C)CCC. The summed E-state index contributed by atoms with van der Waals surface area (Å²) in [4.78, 5) is 2.36. The molecular formula is C13H30N2O. The highest BCUT2D eigenvalue weighted by atomic mass is 16.3. The first-order valence-corrected chi connectivity index (χ1v) is 6.62. The molecule has 98 valence electrons. The van der Waals surface area contributed by atoms with Crippen LogP contribution in [0.2, 0.25) is 0 Å². The fourth-order valence-electron chi connectivity index (χ4n) is 1.88. The first-order chi connectivity index (χ1) is 7.58. The summed E-state index contributed by atoms with van der Waals surface area (Å²) in [6, 6.07) is 0. The molecule has 1 atom stereocenters. The maximum Gasteiger partial charge on any atom is 0.0610 e. The molecule has 0 amide bonds. The predicted octanol–water partition coefficient (Wildman–Crippen LogP) is 1.86. The van der Waals surface area contributed by atoms with Crippen molar-refractivity contribution in [3.63, 3.8) is 0 Å². The molecule has 0 saturated heterocycles. The topological polar surface area (TPSA) is 35.5 Å². The molecule has 0 spiro atoms. The van der Waals surface area contributed by atoms with Gasteiger partial charge in [0.05, 0.1) is 6.61 Å². The molecule has 1 unspecified atom stereocenters. The average molecular weight is 230 g/mol. The largest absolute Gasteiger partial charge is 0.394 e. The van der Waals surface area contributed by atoms with Gasteiger partial charge in [-0.25, -0.2) is 0 Å². The van der Waals surface area contributed by atoms with Crippen molar-refractivity contribution in [1.82, 2.24) is 10.2 Å². The van der Waals surface area contributed by atoms with Crippen molar-refractivity contribution in [1.29, 1.82) is 0 Å². The van der Waals surface area contributed by atoms with Crippen LogP contribution in [0.5, 0.6) is 0 Å². The van der Waals surface area contributed by atoms with Crippen molar-refractivity contribution >= 4 is 0 Å². The van der Waals surface area contributed by atoms with Gasteiger partial charge in [0.15, 0.2) is 0 Å². The van der Waals surface area contributed by atoms with E-state index in [2.05, 4.69) is 38.0 Å². The monoisotopic (exact) mass is 230 g/mol. The third-order valence-corrected chi connectivity index (χ3v) is 3.02. The molecule has 0 heterocycles. The van der Waals surface area contributed by atoms with E-state index in [9.17, 15) is 5.11 Å². The summed E-state index contributed by atoms with van der Waals surface area (Å²) in [7, 11) is 2.17. The molecule has 0 aromatic carbocycles. The van der Waals surface area contributed by atoms with Crippen molar-refractivity contribution in [2.45, 2.75) is 52.0 Å². The summed E-state index contributed by atoms with van der Waals surface area (Å²) < 4.78 is 0. The first-order valence-electron chi connectivity index (χ1n) is 6.62. The van der Waals surface area contributed by atoms with E-state index >= 15 is 0 Å². The van der Waals surface area contributed by atoms with Crippen molar-refractivity contribution < 1.29 is 5.11 Å². The minimum atomic E-state index is -0.0942. The highest BCUT2D eigenvalue weighted by molar-refractivity contribution is 4.82. The summed E-state index contributed by atoms with van der Waals surface area (Å²) in [6.07, 6.45) is 4.51. The molecule has 0 aliphatic carbocycles. The number of aliphatic hydroxyl groups is 1. The highest BCUT2D eigenvalue weighted by Gasteiger charge is 2.21. The zero-order valence-corrected chi connectivity index (χ0v) is 11.6. The molecule has 0 radical (unpaired) electrons. The minimum Gasteiger partial charge on any atom is -0.394 e. The molecule has 16 heavy (non-hydrogen) atoms. The molecule has 0 rings (SSSR count). The minimum absolute atomic E-state index is 0.0942. The van der Waals surface area contributed by atoms with Crippen molar-refractivity contribution in [2.24, 2.45) is 0 Å². The summed E-state index contributed by atoms with van der Waals surface area (Å²) in [5, 5.41) is 12.8. The van der Waals surface area contributed by atoms with E-state index in [0.29, 0.717) is 0 Å². The van der Waals surface area contributed by atoms with E-state index in [1.807, 2.05) is 0 Å². The van der Waals surface area contributed by atoms with E-state index in [-0.39, 0.29) is 12.1 Å². The van der Waals surface area contributed by atoms with Crippen LogP contribution in [0.3, 0.4) is 0 Å². The second-order valence-electron chi connectivity index (χ2n) is 5.05. The van der Waals surface area contributed by atoms with E-state index in [1.165, 1.54) is 6.42 Å². The molecular weight excluding hydrogens is 200 g/mol. The number of aliphatic hydroxyl groups excluding tert-OH is 1. The summed E-state index contributed by atoms with van der Waals surface area (Å²) in [6.45, 7) is 9.97. The van der Waals surface area contributed by atoms with Gasteiger partial charge in [-0.05, 0) is 59.3 Å². The van der Waals surface area contributed by atoms with Crippen LogP contribution in [0.1, 0.15) is 46.5 Å². The maximum atomic E-state index is 9.40. The lowest BCUT2D eigenvalue weighted by Crippen LogP contribution is -2.46. The second kappa shape index (κ2) is 8.97. The van der Waals surface area contributed by atoms with Crippen LogP contribution < -0.4 is 5.32 Å². The lowest BCUT2D eigenvalue weighted by molar-refractivity contribution is 0.159. The lowest BCUT2D eigenvalue weighted by Gasteiger charge is -2.29. The Labute approximate surface area is 101 Å². The summed E-state index contributed by atoms with van der Waals surface area (Å²) in [5.74, 6) is 0. The number of hydrogen-bond acceptors (Lipinski definition) is 3. The predicted molar refractivity (Wildman–Crippen MR) is 70.8 cm³/mol. The maximum absolute atomic E-state index is 9.40. The van der Waals surface area contributed by atoms with Gasteiger partial charge >= 0.3 is 0 Å². The zero-order valence-electron chi connectivity index (χ0n) is 11.6. The smallest absolute Gasteiger partial charge is 0.0610 e. The van der Waals surface area contributed by atoms with Crippen molar-refractivity contribution in [3.05, 3.63) is 0 Å². The van der Waals surface area contributed by atoms with Crippen LogP contribution in [-0.4, -0.2) is 48.8 Å². The molecule has 0 aromatic rings. The standard InChI is InChI=1S/C13H30N2O/c1-5-9-14-13(3,12-16)8-7-11-15(4)10-6-2/h14,16H,5-12H2,1-4H3. The molecule has 0 aromatic heterocycles. The van der Waals surface area contributed by atoms with Gasteiger partial charge in [-0.2, -0.15) is 0 Å². The van der Waals surface area contributed by atoms with Gasteiger partial charge in [-0.3, -0.25) is 0 Å². The second-order valence-corrected chi connectivity index (χ2v) is 5.05. The third-order valence-electron chi connectivity index (χ3n) is 3.02. The Morgan fingerprint density at radius 1 is 1.19 bits per heavy atom. The molecule has 3 heteroatoms. The summed E-state index contributed by atoms with van der Waals surface area (Å²) in [5.41, 5.74) is -0.0942. The van der Waals surface area contributed by atoms with E-state index in [1.54, 1.807) is 0 Å². The molecule has 3 nitrogen and oxygen atoms in total. The Morgan fingerprint density at radius 2 is 1.88 bits per heavy atom. The lowest BCUT2D eigenvalue weighted by atomic mass is 9.96. The van der Waals surface area contributed by atoms with Gasteiger partial charge in [0.25, 0.3) is 0 Å². The molecule has 0 bridgehead atoms. The Kier molecular flexibility index (Phi) is 8.90. The normalized spacial score (nSPS) is 15.4. The number of nitrogens with zero attached hydrogens (tertiary/aromatic N) is 1. The van der Waals surface area contributed by atoms with E-state index < -0.39 is 0 Å². The molecule has 0 fully saturated rings. The average Bonchev–Trinajstić information content (AvgIpc) is 2.27. The van der Waals surface area contributed by atoms with E-state index in [4.69, 9.17) is 0 Å². The first kappa shape index (κ1) is 15.9. The number of nitrogens with one attached hydrogen (secondary N) is 1. The van der Waals surface area contributed by atoms with Crippen LogP contribution in [0.4, 0.5) is 0 Å². The Hall–Kier alpha value is -0.120. The molecule has 0 aliphatic rings. The van der Waals surface area contributed by atoms with Gasteiger partial charge in [0.2, 0.25) is 0 Å².